The van der Waals surface area contributed by atoms with Crippen LogP contribution in [0.1, 0.15) is 18.9 Å². The van der Waals surface area contributed by atoms with E-state index in [1.807, 2.05) is 37.3 Å². The Morgan fingerprint density at radius 3 is 2.40 bits per heavy atom. The van der Waals surface area contributed by atoms with Gasteiger partial charge < -0.3 is 0 Å². The van der Waals surface area contributed by atoms with Gasteiger partial charge in [0, 0.05) is 6.54 Å². The fourth-order valence-corrected chi connectivity index (χ4v) is 2.02. The molecule has 0 spiro atoms. The zero-order valence-corrected chi connectivity index (χ0v) is 11.2. The summed E-state index contributed by atoms with van der Waals surface area (Å²) >= 11 is 0. The lowest BCUT2D eigenvalue weighted by atomic mass is 10.2. The van der Waals surface area contributed by atoms with E-state index in [2.05, 4.69) is 5.18 Å². The average molecular weight is 273 g/mol. The zero-order chi connectivity index (χ0) is 14.5. The Morgan fingerprint density at radius 1 is 1.10 bits per heavy atom. The standard InChI is InChI=1S/C14H15N3O3/c1-2-8-16-13(18)9-12(15-20)17(14(16)19)10-11-6-4-3-5-7-11/h3-7,9H,2,8,10H2,1H3. The Morgan fingerprint density at radius 2 is 1.80 bits per heavy atom. The quantitative estimate of drug-likeness (QED) is 0.780. The van der Waals surface area contributed by atoms with E-state index in [0.717, 1.165) is 16.2 Å². The lowest BCUT2D eigenvalue weighted by Gasteiger charge is -2.11. The molecule has 0 aliphatic carbocycles. The van der Waals surface area contributed by atoms with Gasteiger partial charge in [-0.1, -0.05) is 37.3 Å². The van der Waals surface area contributed by atoms with E-state index in [1.54, 1.807) is 0 Å². The third-order valence-electron chi connectivity index (χ3n) is 2.98. The third kappa shape index (κ3) is 2.74. The molecule has 6 heteroatoms. The molecule has 0 aliphatic rings. The van der Waals surface area contributed by atoms with Gasteiger partial charge in [0.15, 0.2) is 5.82 Å². The van der Waals surface area contributed by atoms with Crippen molar-refractivity contribution in [2.24, 2.45) is 5.18 Å². The second-order valence-electron chi connectivity index (χ2n) is 4.44. The van der Waals surface area contributed by atoms with Gasteiger partial charge in [-0.2, -0.15) is 0 Å². The Bertz CT molecular complexity index is 717. The molecule has 0 fully saturated rings. The van der Waals surface area contributed by atoms with Crippen molar-refractivity contribution >= 4 is 5.82 Å². The van der Waals surface area contributed by atoms with Crippen molar-refractivity contribution in [3.63, 3.8) is 0 Å². The van der Waals surface area contributed by atoms with E-state index >= 15 is 0 Å². The molecule has 2 aromatic rings. The van der Waals surface area contributed by atoms with Crippen LogP contribution in [0, 0.1) is 4.91 Å². The summed E-state index contributed by atoms with van der Waals surface area (Å²) in [7, 11) is 0. The molecule has 1 heterocycles. The Hall–Kier alpha value is -2.50. The molecular weight excluding hydrogens is 258 g/mol. The smallest absolute Gasteiger partial charge is 0.270 e. The lowest BCUT2D eigenvalue weighted by molar-refractivity contribution is 0.568. The van der Waals surface area contributed by atoms with Crippen LogP contribution in [-0.4, -0.2) is 9.13 Å². The van der Waals surface area contributed by atoms with Gasteiger partial charge in [0.05, 0.1) is 12.6 Å². The van der Waals surface area contributed by atoms with Gasteiger partial charge in [-0.25, -0.2) is 4.79 Å². The normalized spacial score (nSPS) is 10.4. The minimum absolute atomic E-state index is 0.142. The summed E-state index contributed by atoms with van der Waals surface area (Å²) in [6.45, 7) is 2.41. The van der Waals surface area contributed by atoms with Crippen molar-refractivity contribution in [3.05, 3.63) is 67.7 Å². The number of nitrogens with zero attached hydrogens (tertiary/aromatic N) is 3. The summed E-state index contributed by atoms with van der Waals surface area (Å²) in [6.07, 6.45) is 0.661. The van der Waals surface area contributed by atoms with Gasteiger partial charge in [-0.3, -0.25) is 13.9 Å². The number of hydrogen-bond donors (Lipinski definition) is 0. The molecule has 104 valence electrons. The summed E-state index contributed by atoms with van der Waals surface area (Å²) in [5.74, 6) is -0.142. The first-order valence-corrected chi connectivity index (χ1v) is 6.39. The number of hydrogen-bond acceptors (Lipinski definition) is 4. The van der Waals surface area contributed by atoms with Crippen molar-refractivity contribution in [3.8, 4) is 0 Å². The molecule has 0 saturated heterocycles. The Kier molecular flexibility index (Phi) is 4.24. The van der Waals surface area contributed by atoms with E-state index in [0.29, 0.717) is 13.0 Å². The minimum atomic E-state index is -0.502. The highest BCUT2D eigenvalue weighted by atomic mass is 16.3. The molecule has 0 unspecified atom stereocenters. The molecule has 6 nitrogen and oxygen atoms in total. The lowest BCUT2D eigenvalue weighted by Crippen LogP contribution is -2.39. The monoisotopic (exact) mass is 273 g/mol. The second kappa shape index (κ2) is 6.10. The fourth-order valence-electron chi connectivity index (χ4n) is 2.02. The van der Waals surface area contributed by atoms with Crippen LogP contribution in [0.5, 0.6) is 0 Å². The minimum Gasteiger partial charge on any atom is -0.270 e. The summed E-state index contributed by atoms with van der Waals surface area (Å²) in [4.78, 5) is 34.9. The Balaban J connectivity index is 2.56. The topological polar surface area (TPSA) is 73.4 Å². The SMILES string of the molecule is CCCn1c(=O)cc(N=O)n(Cc2ccccc2)c1=O. The first-order chi connectivity index (χ1) is 9.67. The molecule has 0 bridgehead atoms. The maximum Gasteiger partial charge on any atom is 0.333 e. The van der Waals surface area contributed by atoms with Crippen molar-refractivity contribution in [1.29, 1.82) is 0 Å². The first-order valence-electron chi connectivity index (χ1n) is 6.39. The van der Waals surface area contributed by atoms with Crippen molar-refractivity contribution in [2.45, 2.75) is 26.4 Å². The number of aromatic nitrogens is 2. The highest BCUT2D eigenvalue weighted by Crippen LogP contribution is 2.09. The summed E-state index contributed by atoms with van der Waals surface area (Å²) in [5, 5.41) is 2.79. The van der Waals surface area contributed by atoms with Crippen LogP contribution in [0.15, 0.2) is 51.2 Å². The molecule has 1 aromatic heterocycles. The van der Waals surface area contributed by atoms with E-state index < -0.39 is 11.2 Å². The largest absolute Gasteiger partial charge is 0.333 e. The molecule has 0 amide bonds. The van der Waals surface area contributed by atoms with E-state index in [-0.39, 0.29) is 12.4 Å². The van der Waals surface area contributed by atoms with E-state index in [4.69, 9.17) is 0 Å². The van der Waals surface area contributed by atoms with Crippen LogP contribution in [0.4, 0.5) is 5.82 Å². The molecule has 1 aromatic carbocycles. The van der Waals surface area contributed by atoms with Gasteiger partial charge in [0.2, 0.25) is 0 Å². The van der Waals surface area contributed by atoms with Crippen LogP contribution < -0.4 is 11.2 Å². The fraction of sp³-hybridized carbons (Fsp3) is 0.286. The van der Waals surface area contributed by atoms with Crippen LogP contribution in [0.25, 0.3) is 0 Å². The first kappa shape index (κ1) is 13.9. The van der Waals surface area contributed by atoms with Gasteiger partial charge in [-0.15, -0.1) is 4.91 Å². The summed E-state index contributed by atoms with van der Waals surface area (Å²) in [6, 6.07) is 10.3. The van der Waals surface area contributed by atoms with Crippen LogP contribution in [-0.2, 0) is 13.1 Å². The molecule has 2 rings (SSSR count). The molecule has 0 radical (unpaired) electrons. The van der Waals surface area contributed by atoms with Crippen LogP contribution in [0.2, 0.25) is 0 Å². The molecular formula is C14H15N3O3. The van der Waals surface area contributed by atoms with E-state index in [9.17, 15) is 14.5 Å². The van der Waals surface area contributed by atoms with Crippen LogP contribution in [0.3, 0.4) is 0 Å². The maximum absolute atomic E-state index is 12.3. The highest BCUT2D eigenvalue weighted by molar-refractivity contribution is 5.27. The molecule has 20 heavy (non-hydrogen) atoms. The van der Waals surface area contributed by atoms with Crippen molar-refractivity contribution in [1.82, 2.24) is 9.13 Å². The predicted octanol–water partition coefficient (Wildman–Crippen LogP) is 1.87. The molecule has 0 aliphatic heterocycles. The summed E-state index contributed by atoms with van der Waals surface area (Å²) in [5.41, 5.74) is -0.130. The summed E-state index contributed by atoms with van der Waals surface area (Å²) < 4.78 is 2.34. The van der Waals surface area contributed by atoms with E-state index in [1.165, 1.54) is 4.57 Å². The second-order valence-corrected chi connectivity index (χ2v) is 4.44. The van der Waals surface area contributed by atoms with Crippen molar-refractivity contribution < 1.29 is 0 Å². The highest BCUT2D eigenvalue weighted by Gasteiger charge is 2.11. The molecule has 0 atom stereocenters. The van der Waals surface area contributed by atoms with Gasteiger partial charge >= 0.3 is 5.69 Å². The maximum atomic E-state index is 12.3. The molecule has 0 saturated carbocycles. The van der Waals surface area contributed by atoms with Crippen molar-refractivity contribution in [2.75, 3.05) is 0 Å². The molecule has 0 N–H and O–H groups in total. The van der Waals surface area contributed by atoms with Gasteiger partial charge in [-0.05, 0) is 17.2 Å². The predicted molar refractivity (Wildman–Crippen MR) is 76.3 cm³/mol. The number of benzene rings is 1. The van der Waals surface area contributed by atoms with Gasteiger partial charge in [0.1, 0.15) is 0 Å². The average Bonchev–Trinajstić information content (AvgIpc) is 2.47. The van der Waals surface area contributed by atoms with Gasteiger partial charge in [0.25, 0.3) is 5.56 Å². The Labute approximate surface area is 115 Å². The van der Waals surface area contributed by atoms with Crippen LogP contribution >= 0.6 is 0 Å². The number of rotatable bonds is 5. The zero-order valence-electron chi connectivity index (χ0n) is 11.2. The number of nitroso groups, excluding NO2 is 1. The third-order valence-corrected chi connectivity index (χ3v) is 2.98.